The van der Waals surface area contributed by atoms with E-state index in [-0.39, 0.29) is 12.7 Å². The number of anilines is 1. The molecule has 3 rings (SSSR count). The van der Waals surface area contributed by atoms with Crippen LogP contribution in [0.25, 0.3) is 0 Å². The van der Waals surface area contributed by atoms with Crippen LogP contribution in [-0.4, -0.2) is 38.9 Å². The summed E-state index contributed by atoms with van der Waals surface area (Å²) in [6.07, 6.45) is 0. The van der Waals surface area contributed by atoms with E-state index in [1.165, 1.54) is 0 Å². The second kappa shape index (κ2) is 8.28. The molecule has 0 unspecified atom stereocenters. The third kappa shape index (κ3) is 4.56. The van der Waals surface area contributed by atoms with Crippen LogP contribution in [0, 0.1) is 0 Å². The summed E-state index contributed by atoms with van der Waals surface area (Å²) in [7, 11) is 0. The van der Waals surface area contributed by atoms with Crippen molar-refractivity contribution in [2.24, 2.45) is 0 Å². The van der Waals surface area contributed by atoms with E-state index >= 15 is 0 Å². The minimum atomic E-state index is -0.0278. The van der Waals surface area contributed by atoms with E-state index in [0.29, 0.717) is 31.2 Å². The van der Waals surface area contributed by atoms with Crippen molar-refractivity contribution < 1.29 is 19.0 Å². The van der Waals surface area contributed by atoms with Crippen molar-refractivity contribution >= 4 is 11.6 Å². The molecule has 0 fully saturated rings. The zero-order chi connectivity index (χ0) is 17.5. The van der Waals surface area contributed by atoms with Crippen LogP contribution < -0.4 is 24.4 Å². The molecule has 0 atom stereocenters. The molecule has 2 aromatic carbocycles. The van der Waals surface area contributed by atoms with E-state index in [4.69, 9.17) is 14.2 Å². The Balaban J connectivity index is 1.40. The average molecular weight is 342 g/mol. The van der Waals surface area contributed by atoms with Gasteiger partial charge in [0.1, 0.15) is 12.4 Å². The molecule has 0 aliphatic carbocycles. The molecule has 1 amide bonds. The molecule has 0 spiro atoms. The maximum absolute atomic E-state index is 12.1. The van der Waals surface area contributed by atoms with Gasteiger partial charge in [-0.25, -0.2) is 0 Å². The Labute approximate surface area is 147 Å². The number of nitrogens with one attached hydrogen (secondary N) is 1. The molecular weight excluding hydrogens is 320 g/mol. The number of rotatable bonds is 8. The highest BCUT2D eigenvalue weighted by molar-refractivity contribution is 5.81. The summed E-state index contributed by atoms with van der Waals surface area (Å²) in [6, 6.07) is 15.3. The summed E-state index contributed by atoms with van der Waals surface area (Å²) in [5.41, 5.74) is 1.04. The van der Waals surface area contributed by atoms with Crippen molar-refractivity contribution in [1.29, 1.82) is 0 Å². The molecule has 1 heterocycles. The fourth-order valence-corrected chi connectivity index (χ4v) is 2.58. The number of benzene rings is 2. The number of hydrogen-bond acceptors (Lipinski definition) is 5. The lowest BCUT2D eigenvalue weighted by Gasteiger charge is -2.22. The molecule has 0 bridgehead atoms. The van der Waals surface area contributed by atoms with Crippen LogP contribution in [0.15, 0.2) is 48.5 Å². The maximum atomic E-state index is 12.1. The van der Waals surface area contributed by atoms with Crippen molar-refractivity contribution in [3.63, 3.8) is 0 Å². The van der Waals surface area contributed by atoms with Gasteiger partial charge in [-0.1, -0.05) is 18.2 Å². The first-order chi connectivity index (χ1) is 12.3. The molecule has 2 aromatic rings. The molecule has 1 aliphatic rings. The minimum absolute atomic E-state index is 0.0278. The third-order valence-electron chi connectivity index (χ3n) is 3.87. The normalized spacial score (nSPS) is 11.9. The molecule has 6 nitrogen and oxygen atoms in total. The van der Waals surface area contributed by atoms with Crippen molar-refractivity contribution in [1.82, 2.24) is 5.32 Å². The number of fused-ring (bicyclic) bond motifs is 1. The van der Waals surface area contributed by atoms with Gasteiger partial charge in [0.05, 0.1) is 13.1 Å². The Hall–Kier alpha value is -2.89. The smallest absolute Gasteiger partial charge is 0.239 e. The third-order valence-corrected chi connectivity index (χ3v) is 3.87. The van der Waals surface area contributed by atoms with E-state index < -0.39 is 0 Å². The first-order valence-corrected chi connectivity index (χ1v) is 8.35. The highest BCUT2D eigenvalue weighted by Gasteiger charge is 2.14. The average Bonchev–Trinajstić information content (AvgIpc) is 3.12. The lowest BCUT2D eigenvalue weighted by Crippen LogP contribution is -2.38. The predicted octanol–water partition coefficient (Wildman–Crippen LogP) is 2.44. The molecule has 0 saturated heterocycles. The zero-order valence-corrected chi connectivity index (χ0v) is 14.2. The number of carbonyl (C=O) groups is 1. The van der Waals surface area contributed by atoms with Gasteiger partial charge in [0.15, 0.2) is 11.5 Å². The molecule has 1 aliphatic heterocycles. The number of amides is 1. The lowest BCUT2D eigenvalue weighted by molar-refractivity contribution is -0.119. The standard InChI is InChI=1S/C19H22N2O4/c1-2-21(15-6-4-3-5-7-15)13-19(22)20-10-11-23-16-8-9-17-18(12-16)25-14-24-17/h3-9,12H,2,10-11,13-14H2,1H3,(H,20,22). The Kier molecular flexibility index (Phi) is 5.61. The number of carbonyl (C=O) groups excluding carboxylic acids is 1. The van der Waals surface area contributed by atoms with Gasteiger partial charge in [-0.2, -0.15) is 0 Å². The Morgan fingerprint density at radius 2 is 1.96 bits per heavy atom. The maximum Gasteiger partial charge on any atom is 0.239 e. The quantitative estimate of drug-likeness (QED) is 0.747. The van der Waals surface area contributed by atoms with E-state index in [1.54, 1.807) is 6.07 Å². The minimum Gasteiger partial charge on any atom is -0.492 e. The van der Waals surface area contributed by atoms with E-state index in [9.17, 15) is 4.79 Å². The van der Waals surface area contributed by atoms with Crippen LogP contribution in [0.2, 0.25) is 0 Å². The summed E-state index contributed by atoms with van der Waals surface area (Å²) >= 11 is 0. The van der Waals surface area contributed by atoms with Crippen LogP contribution in [0.3, 0.4) is 0 Å². The van der Waals surface area contributed by atoms with E-state index in [1.807, 2.05) is 54.3 Å². The first kappa shape index (κ1) is 17.0. The number of likely N-dealkylation sites (N-methyl/N-ethyl adjacent to an activating group) is 1. The second-order valence-corrected chi connectivity index (χ2v) is 5.56. The van der Waals surface area contributed by atoms with Crippen molar-refractivity contribution in [2.45, 2.75) is 6.92 Å². The lowest BCUT2D eigenvalue weighted by atomic mass is 10.3. The monoisotopic (exact) mass is 342 g/mol. The number of nitrogens with zero attached hydrogens (tertiary/aromatic N) is 1. The molecule has 6 heteroatoms. The highest BCUT2D eigenvalue weighted by Crippen LogP contribution is 2.34. The Bertz CT molecular complexity index is 706. The molecule has 0 saturated carbocycles. The second-order valence-electron chi connectivity index (χ2n) is 5.56. The fourth-order valence-electron chi connectivity index (χ4n) is 2.58. The molecule has 0 aromatic heterocycles. The summed E-state index contributed by atoms with van der Waals surface area (Å²) < 4.78 is 16.2. The predicted molar refractivity (Wildman–Crippen MR) is 95.4 cm³/mol. The molecule has 0 radical (unpaired) electrons. The Morgan fingerprint density at radius 1 is 1.16 bits per heavy atom. The van der Waals surface area contributed by atoms with Crippen LogP contribution in [0.4, 0.5) is 5.69 Å². The van der Waals surface area contributed by atoms with Gasteiger partial charge in [0.2, 0.25) is 12.7 Å². The number of ether oxygens (including phenoxy) is 3. The van der Waals surface area contributed by atoms with Crippen molar-refractivity contribution in [2.75, 3.05) is 37.9 Å². The topological polar surface area (TPSA) is 60.0 Å². The van der Waals surface area contributed by atoms with Crippen LogP contribution >= 0.6 is 0 Å². The van der Waals surface area contributed by atoms with E-state index in [0.717, 1.165) is 18.0 Å². The summed E-state index contributed by atoms with van der Waals surface area (Å²) in [5.74, 6) is 2.07. The SMILES string of the molecule is CCN(CC(=O)NCCOc1ccc2c(c1)OCO2)c1ccccc1. The fraction of sp³-hybridized carbons (Fsp3) is 0.316. The van der Waals surface area contributed by atoms with Crippen molar-refractivity contribution in [3.8, 4) is 17.2 Å². The van der Waals surface area contributed by atoms with Crippen LogP contribution in [0.1, 0.15) is 6.92 Å². The molecule has 132 valence electrons. The van der Waals surface area contributed by atoms with Gasteiger partial charge < -0.3 is 24.4 Å². The molecular formula is C19H22N2O4. The van der Waals surface area contributed by atoms with E-state index in [2.05, 4.69) is 5.32 Å². The van der Waals surface area contributed by atoms with Crippen molar-refractivity contribution in [3.05, 3.63) is 48.5 Å². The van der Waals surface area contributed by atoms with Gasteiger partial charge >= 0.3 is 0 Å². The van der Waals surface area contributed by atoms with Crippen LogP contribution in [0.5, 0.6) is 17.2 Å². The van der Waals surface area contributed by atoms with Gasteiger partial charge in [-0.05, 0) is 31.2 Å². The first-order valence-electron chi connectivity index (χ1n) is 8.35. The van der Waals surface area contributed by atoms with Gasteiger partial charge in [0.25, 0.3) is 0 Å². The molecule has 25 heavy (non-hydrogen) atoms. The van der Waals surface area contributed by atoms with Gasteiger partial charge in [-0.15, -0.1) is 0 Å². The summed E-state index contributed by atoms with van der Waals surface area (Å²) in [4.78, 5) is 14.1. The van der Waals surface area contributed by atoms with Gasteiger partial charge in [-0.3, -0.25) is 4.79 Å². The zero-order valence-electron chi connectivity index (χ0n) is 14.2. The largest absolute Gasteiger partial charge is 0.492 e. The summed E-state index contributed by atoms with van der Waals surface area (Å²) in [6.45, 7) is 4.20. The highest BCUT2D eigenvalue weighted by atomic mass is 16.7. The number of hydrogen-bond donors (Lipinski definition) is 1. The molecule has 1 N–H and O–H groups in total. The Morgan fingerprint density at radius 3 is 2.76 bits per heavy atom. The number of para-hydroxylation sites is 1. The van der Waals surface area contributed by atoms with Gasteiger partial charge in [0, 0.05) is 18.3 Å². The summed E-state index contributed by atoms with van der Waals surface area (Å²) in [5, 5.41) is 2.88. The van der Waals surface area contributed by atoms with Crippen LogP contribution in [-0.2, 0) is 4.79 Å².